The maximum atomic E-state index is 11.4. The van der Waals surface area contributed by atoms with Gasteiger partial charge in [-0.3, -0.25) is 4.79 Å². The molecule has 0 bridgehead atoms. The van der Waals surface area contributed by atoms with Crippen molar-refractivity contribution in [2.24, 2.45) is 0 Å². The molecule has 1 aliphatic heterocycles. The number of methoxy groups -OCH3 is 1. The summed E-state index contributed by atoms with van der Waals surface area (Å²) in [6.07, 6.45) is 1.85. The van der Waals surface area contributed by atoms with Crippen molar-refractivity contribution in [1.82, 2.24) is 10.6 Å². The molecule has 0 aliphatic carbocycles. The van der Waals surface area contributed by atoms with Gasteiger partial charge in [0.1, 0.15) is 6.10 Å². The quantitative estimate of drug-likeness (QED) is 0.646. The smallest absolute Gasteiger partial charge is 0.249 e. The van der Waals surface area contributed by atoms with Crippen molar-refractivity contribution in [1.29, 1.82) is 0 Å². The summed E-state index contributed by atoms with van der Waals surface area (Å²) in [6, 6.07) is 0.277. The molecule has 4 nitrogen and oxygen atoms in total. The van der Waals surface area contributed by atoms with E-state index in [4.69, 9.17) is 4.74 Å². The number of hydrogen-bond donors (Lipinski definition) is 2. The van der Waals surface area contributed by atoms with Gasteiger partial charge >= 0.3 is 0 Å². The minimum absolute atomic E-state index is 0.0174. The fourth-order valence-electron chi connectivity index (χ4n) is 1.40. The Hall–Kier alpha value is -0.610. The van der Waals surface area contributed by atoms with Gasteiger partial charge in [0.25, 0.3) is 0 Å². The van der Waals surface area contributed by atoms with E-state index in [2.05, 4.69) is 10.6 Å². The number of rotatable bonds is 3. The molecule has 0 spiro atoms. The molecule has 13 heavy (non-hydrogen) atoms. The second-order valence-electron chi connectivity index (χ2n) is 3.43. The Morgan fingerprint density at radius 2 is 2.46 bits per heavy atom. The fourth-order valence-corrected chi connectivity index (χ4v) is 1.40. The molecule has 0 aromatic rings. The van der Waals surface area contributed by atoms with Crippen LogP contribution >= 0.6 is 0 Å². The largest absolute Gasteiger partial charge is 0.372 e. The van der Waals surface area contributed by atoms with Crippen LogP contribution in [0, 0.1) is 0 Å². The van der Waals surface area contributed by atoms with E-state index in [0.717, 1.165) is 25.9 Å². The lowest BCUT2D eigenvalue weighted by Crippen LogP contribution is -2.48. The molecular weight excluding hydrogens is 168 g/mol. The second-order valence-corrected chi connectivity index (χ2v) is 3.43. The standard InChI is InChI=1S/C9H18N2O2/c1-7(13-2)9(12)11-8-4-3-5-10-6-8/h7-8,10H,3-6H2,1-2H3,(H,11,12). The summed E-state index contributed by atoms with van der Waals surface area (Å²) in [6.45, 7) is 3.69. The lowest BCUT2D eigenvalue weighted by Gasteiger charge is -2.24. The van der Waals surface area contributed by atoms with Crippen molar-refractivity contribution in [2.45, 2.75) is 31.9 Å². The van der Waals surface area contributed by atoms with E-state index < -0.39 is 0 Å². The van der Waals surface area contributed by atoms with Gasteiger partial charge in [0.2, 0.25) is 5.91 Å². The molecule has 1 heterocycles. The molecular formula is C9H18N2O2. The van der Waals surface area contributed by atoms with Crippen molar-refractivity contribution >= 4 is 5.91 Å². The van der Waals surface area contributed by atoms with Gasteiger partial charge in [-0.2, -0.15) is 0 Å². The Balaban J connectivity index is 2.26. The van der Waals surface area contributed by atoms with Crippen molar-refractivity contribution in [2.75, 3.05) is 20.2 Å². The van der Waals surface area contributed by atoms with Crippen LogP contribution in [0.4, 0.5) is 0 Å². The molecule has 0 aromatic heterocycles. The highest BCUT2D eigenvalue weighted by Crippen LogP contribution is 2.01. The molecule has 76 valence electrons. The minimum atomic E-state index is -0.345. The monoisotopic (exact) mass is 186 g/mol. The van der Waals surface area contributed by atoms with E-state index in [9.17, 15) is 4.79 Å². The summed E-state index contributed by atoms with van der Waals surface area (Å²) in [5.74, 6) is -0.0174. The van der Waals surface area contributed by atoms with Crippen LogP contribution < -0.4 is 10.6 Å². The second kappa shape index (κ2) is 5.19. The van der Waals surface area contributed by atoms with E-state index in [1.165, 1.54) is 0 Å². The van der Waals surface area contributed by atoms with Crippen molar-refractivity contribution in [3.63, 3.8) is 0 Å². The molecule has 2 unspecified atom stereocenters. The Morgan fingerprint density at radius 1 is 1.69 bits per heavy atom. The number of amides is 1. The molecule has 4 heteroatoms. The maximum Gasteiger partial charge on any atom is 0.249 e. The highest BCUT2D eigenvalue weighted by atomic mass is 16.5. The van der Waals surface area contributed by atoms with Gasteiger partial charge < -0.3 is 15.4 Å². The van der Waals surface area contributed by atoms with Gasteiger partial charge in [0.15, 0.2) is 0 Å². The van der Waals surface area contributed by atoms with Crippen LogP contribution in [-0.4, -0.2) is 38.3 Å². The van der Waals surface area contributed by atoms with Crippen LogP contribution in [-0.2, 0) is 9.53 Å². The van der Waals surface area contributed by atoms with Crippen molar-refractivity contribution < 1.29 is 9.53 Å². The topological polar surface area (TPSA) is 50.4 Å². The average Bonchev–Trinajstić information content (AvgIpc) is 2.18. The molecule has 0 aromatic carbocycles. The predicted octanol–water partition coefficient (Wildman–Crippen LogP) is -0.110. The van der Waals surface area contributed by atoms with Crippen LogP contribution in [0.3, 0.4) is 0 Å². The SMILES string of the molecule is COC(C)C(=O)NC1CCCNC1. The highest BCUT2D eigenvalue weighted by Gasteiger charge is 2.18. The first kappa shape index (κ1) is 10.5. The maximum absolute atomic E-state index is 11.4. The average molecular weight is 186 g/mol. The lowest BCUT2D eigenvalue weighted by molar-refractivity contribution is -0.130. The van der Waals surface area contributed by atoms with E-state index in [0.29, 0.717) is 0 Å². The molecule has 2 N–H and O–H groups in total. The third-order valence-corrected chi connectivity index (χ3v) is 2.37. The first-order valence-corrected chi connectivity index (χ1v) is 4.78. The van der Waals surface area contributed by atoms with Gasteiger partial charge in [-0.25, -0.2) is 0 Å². The lowest BCUT2D eigenvalue weighted by atomic mass is 10.1. The summed E-state index contributed by atoms with van der Waals surface area (Å²) in [4.78, 5) is 11.4. The highest BCUT2D eigenvalue weighted by molar-refractivity contribution is 5.80. The number of carbonyl (C=O) groups is 1. The van der Waals surface area contributed by atoms with E-state index in [-0.39, 0.29) is 18.1 Å². The summed E-state index contributed by atoms with van der Waals surface area (Å²) >= 11 is 0. The number of carbonyl (C=O) groups excluding carboxylic acids is 1. The Labute approximate surface area is 79.0 Å². The van der Waals surface area contributed by atoms with Crippen molar-refractivity contribution in [3.8, 4) is 0 Å². The van der Waals surface area contributed by atoms with Crippen molar-refractivity contribution in [3.05, 3.63) is 0 Å². The van der Waals surface area contributed by atoms with Crippen LogP contribution in [0.5, 0.6) is 0 Å². The number of ether oxygens (including phenoxy) is 1. The zero-order valence-corrected chi connectivity index (χ0v) is 8.30. The Morgan fingerprint density at radius 3 is 3.00 bits per heavy atom. The third-order valence-electron chi connectivity index (χ3n) is 2.37. The number of hydrogen-bond acceptors (Lipinski definition) is 3. The molecule has 0 radical (unpaired) electrons. The van der Waals surface area contributed by atoms with Gasteiger partial charge in [0.05, 0.1) is 0 Å². The molecule has 1 saturated heterocycles. The predicted molar refractivity (Wildman–Crippen MR) is 50.5 cm³/mol. The van der Waals surface area contributed by atoms with E-state index in [1.807, 2.05) is 0 Å². The van der Waals surface area contributed by atoms with Crippen LogP contribution in [0.25, 0.3) is 0 Å². The first-order chi connectivity index (χ1) is 6.24. The fraction of sp³-hybridized carbons (Fsp3) is 0.889. The molecule has 0 saturated carbocycles. The molecule has 2 atom stereocenters. The van der Waals surface area contributed by atoms with Crippen LogP contribution in [0.2, 0.25) is 0 Å². The molecule has 1 fully saturated rings. The zero-order valence-electron chi connectivity index (χ0n) is 8.30. The van der Waals surface area contributed by atoms with Gasteiger partial charge in [-0.15, -0.1) is 0 Å². The Bertz CT molecular complexity index is 167. The summed E-state index contributed by atoms with van der Waals surface area (Å²) in [5.41, 5.74) is 0. The summed E-state index contributed by atoms with van der Waals surface area (Å²) < 4.78 is 4.92. The van der Waals surface area contributed by atoms with E-state index >= 15 is 0 Å². The van der Waals surface area contributed by atoms with Crippen LogP contribution in [0.1, 0.15) is 19.8 Å². The summed E-state index contributed by atoms with van der Waals surface area (Å²) in [7, 11) is 1.55. The number of piperidine rings is 1. The normalized spacial score (nSPS) is 25.2. The van der Waals surface area contributed by atoms with E-state index in [1.54, 1.807) is 14.0 Å². The molecule has 1 rings (SSSR count). The first-order valence-electron chi connectivity index (χ1n) is 4.78. The zero-order chi connectivity index (χ0) is 9.68. The molecule has 1 amide bonds. The van der Waals surface area contributed by atoms with Gasteiger partial charge in [-0.05, 0) is 26.3 Å². The Kier molecular flexibility index (Phi) is 4.18. The summed E-state index contributed by atoms with van der Waals surface area (Å²) in [5, 5.41) is 6.18. The van der Waals surface area contributed by atoms with Gasteiger partial charge in [-0.1, -0.05) is 0 Å². The third kappa shape index (κ3) is 3.32. The molecule has 1 aliphatic rings. The number of nitrogens with one attached hydrogen (secondary N) is 2. The van der Waals surface area contributed by atoms with Gasteiger partial charge in [0, 0.05) is 19.7 Å². The minimum Gasteiger partial charge on any atom is -0.372 e. The van der Waals surface area contributed by atoms with Crippen LogP contribution in [0.15, 0.2) is 0 Å².